The van der Waals surface area contributed by atoms with Gasteiger partial charge in [0.15, 0.2) is 0 Å². The second-order valence-corrected chi connectivity index (χ2v) is 8.14. The minimum atomic E-state index is -0.337. The number of aliphatic hydroxyl groups excluding tert-OH is 2. The van der Waals surface area contributed by atoms with Gasteiger partial charge >= 0.3 is 0 Å². The Balaban J connectivity index is 1.86. The Kier molecular flexibility index (Phi) is 3.51. The highest BCUT2D eigenvalue weighted by Gasteiger charge is 2.50. The van der Waals surface area contributed by atoms with Crippen molar-refractivity contribution in [3.63, 3.8) is 0 Å². The molecule has 0 amide bonds. The number of hydrogen-bond donors (Lipinski definition) is 2. The summed E-state index contributed by atoms with van der Waals surface area (Å²) < 4.78 is 0. The van der Waals surface area contributed by atoms with E-state index in [0.717, 1.165) is 19.3 Å². The summed E-state index contributed by atoms with van der Waals surface area (Å²) in [5.41, 5.74) is 3.99. The Morgan fingerprint density at radius 1 is 0.957 bits per heavy atom. The van der Waals surface area contributed by atoms with Gasteiger partial charge < -0.3 is 10.2 Å². The van der Waals surface area contributed by atoms with E-state index in [4.69, 9.17) is 0 Å². The van der Waals surface area contributed by atoms with Crippen LogP contribution in [0, 0.1) is 17.3 Å². The summed E-state index contributed by atoms with van der Waals surface area (Å²) in [6, 6.07) is 10.5. The van der Waals surface area contributed by atoms with Crippen LogP contribution in [-0.2, 0) is 0 Å². The molecule has 5 atom stereocenters. The Bertz CT molecular complexity index is 656. The molecule has 0 aliphatic heterocycles. The Morgan fingerprint density at radius 3 is 2.39 bits per heavy atom. The zero-order valence-electron chi connectivity index (χ0n) is 13.9. The van der Waals surface area contributed by atoms with Crippen molar-refractivity contribution in [2.24, 2.45) is 17.3 Å². The molecular weight excluding hydrogens is 284 g/mol. The van der Waals surface area contributed by atoms with E-state index in [1.54, 1.807) is 0 Å². The summed E-state index contributed by atoms with van der Waals surface area (Å²) in [7, 11) is 0. The van der Waals surface area contributed by atoms with Gasteiger partial charge in [-0.1, -0.05) is 67.5 Å². The van der Waals surface area contributed by atoms with Gasteiger partial charge in [0.25, 0.3) is 0 Å². The van der Waals surface area contributed by atoms with Gasteiger partial charge in [0.2, 0.25) is 0 Å². The van der Waals surface area contributed by atoms with Gasteiger partial charge in [-0.2, -0.15) is 0 Å². The Hall–Kier alpha value is -1.38. The van der Waals surface area contributed by atoms with E-state index < -0.39 is 0 Å². The Labute approximate surface area is 138 Å². The van der Waals surface area contributed by atoms with Crippen LogP contribution >= 0.6 is 0 Å². The van der Waals surface area contributed by atoms with Crippen LogP contribution in [0.5, 0.6) is 0 Å². The molecule has 1 aromatic rings. The highest BCUT2D eigenvalue weighted by atomic mass is 16.3. The van der Waals surface area contributed by atoms with E-state index >= 15 is 0 Å². The van der Waals surface area contributed by atoms with Crippen molar-refractivity contribution >= 4 is 0 Å². The second-order valence-electron chi connectivity index (χ2n) is 8.14. The van der Waals surface area contributed by atoms with E-state index in [0.29, 0.717) is 0 Å². The zero-order chi connectivity index (χ0) is 16.2. The van der Waals surface area contributed by atoms with Crippen molar-refractivity contribution in [2.45, 2.75) is 51.2 Å². The second kappa shape index (κ2) is 5.32. The first-order valence-electron chi connectivity index (χ1n) is 8.80. The standard InChI is InChI=1S/C21H26O2/c1-21(2)12-17-15-10-11-18(22)16(15)9-8-14(19(17)20(21)23)13-6-4-3-5-7-13/h3-9,14,16,18-20,22-23H,10-12H2,1-2H3/t14-,16-,18+,19+,20-/m0/s1. The van der Waals surface area contributed by atoms with Crippen molar-refractivity contribution in [3.8, 4) is 0 Å². The summed E-state index contributed by atoms with van der Waals surface area (Å²) in [4.78, 5) is 0. The normalized spacial score (nSPS) is 38.3. The average molecular weight is 310 g/mol. The molecule has 122 valence electrons. The van der Waals surface area contributed by atoms with Gasteiger partial charge in [0.05, 0.1) is 12.2 Å². The summed E-state index contributed by atoms with van der Waals surface area (Å²) in [6.07, 6.45) is 6.63. The SMILES string of the molecule is CC1(C)CC2=C3CC[C@@H](O)[C@H]3C=C[C@@H](c3ccccc3)[C@H]2[C@@H]1O. The summed E-state index contributed by atoms with van der Waals surface area (Å²) >= 11 is 0. The number of aliphatic hydroxyl groups is 2. The van der Waals surface area contributed by atoms with Gasteiger partial charge in [-0.15, -0.1) is 0 Å². The summed E-state index contributed by atoms with van der Waals surface area (Å²) in [5.74, 6) is 0.504. The van der Waals surface area contributed by atoms with Crippen molar-refractivity contribution in [3.05, 3.63) is 59.2 Å². The Morgan fingerprint density at radius 2 is 1.65 bits per heavy atom. The molecule has 0 radical (unpaired) electrons. The first-order valence-corrected chi connectivity index (χ1v) is 8.80. The van der Waals surface area contributed by atoms with Crippen LogP contribution in [0.3, 0.4) is 0 Å². The largest absolute Gasteiger partial charge is 0.392 e. The molecule has 2 fully saturated rings. The van der Waals surface area contributed by atoms with Crippen molar-refractivity contribution < 1.29 is 10.2 Å². The van der Waals surface area contributed by atoms with Gasteiger partial charge in [0, 0.05) is 17.8 Å². The molecule has 1 aromatic carbocycles. The van der Waals surface area contributed by atoms with E-state index in [1.165, 1.54) is 16.7 Å². The number of rotatable bonds is 1. The molecule has 2 N–H and O–H groups in total. The highest BCUT2D eigenvalue weighted by molar-refractivity contribution is 5.41. The van der Waals surface area contributed by atoms with Crippen molar-refractivity contribution in [2.75, 3.05) is 0 Å². The number of allylic oxidation sites excluding steroid dienone is 1. The third kappa shape index (κ3) is 2.31. The lowest BCUT2D eigenvalue weighted by molar-refractivity contribution is 0.0441. The highest BCUT2D eigenvalue weighted by Crippen LogP contribution is 2.56. The third-order valence-electron chi connectivity index (χ3n) is 6.23. The quantitative estimate of drug-likeness (QED) is 0.774. The minimum Gasteiger partial charge on any atom is -0.392 e. The topological polar surface area (TPSA) is 40.5 Å². The van der Waals surface area contributed by atoms with Gasteiger partial charge in [-0.3, -0.25) is 0 Å². The summed E-state index contributed by atoms with van der Waals surface area (Å²) in [6.45, 7) is 4.35. The van der Waals surface area contributed by atoms with Crippen LogP contribution in [0.15, 0.2) is 53.6 Å². The molecule has 0 spiro atoms. The molecule has 23 heavy (non-hydrogen) atoms. The fourth-order valence-corrected chi connectivity index (χ4v) is 4.98. The first-order chi connectivity index (χ1) is 11.0. The fraction of sp³-hybridized carbons (Fsp3) is 0.524. The van der Waals surface area contributed by atoms with E-state index in [2.05, 4.69) is 50.3 Å². The molecule has 0 aromatic heterocycles. The predicted octanol–water partition coefficient (Wildman–Crippen LogP) is 3.81. The molecule has 0 saturated heterocycles. The van der Waals surface area contributed by atoms with E-state index in [-0.39, 0.29) is 35.4 Å². The summed E-state index contributed by atoms with van der Waals surface area (Å²) in [5, 5.41) is 21.4. The lowest BCUT2D eigenvalue weighted by atomic mass is 9.78. The fourth-order valence-electron chi connectivity index (χ4n) is 4.98. The third-order valence-corrected chi connectivity index (χ3v) is 6.23. The van der Waals surface area contributed by atoms with Crippen LogP contribution < -0.4 is 0 Å². The molecular formula is C21H26O2. The maximum Gasteiger partial charge on any atom is 0.0668 e. The molecule has 4 rings (SSSR count). The smallest absolute Gasteiger partial charge is 0.0668 e. The van der Waals surface area contributed by atoms with Crippen LogP contribution in [0.4, 0.5) is 0 Å². The van der Waals surface area contributed by atoms with E-state index in [1.807, 2.05) is 6.07 Å². The zero-order valence-corrected chi connectivity index (χ0v) is 13.9. The maximum atomic E-state index is 11.1. The molecule has 2 nitrogen and oxygen atoms in total. The molecule has 0 bridgehead atoms. The predicted molar refractivity (Wildman–Crippen MR) is 92.0 cm³/mol. The minimum absolute atomic E-state index is 0.0939. The van der Waals surface area contributed by atoms with Crippen LogP contribution in [0.2, 0.25) is 0 Å². The molecule has 2 heteroatoms. The van der Waals surface area contributed by atoms with Gasteiger partial charge in [-0.05, 0) is 30.2 Å². The van der Waals surface area contributed by atoms with E-state index in [9.17, 15) is 10.2 Å². The average Bonchev–Trinajstić information content (AvgIpc) is 2.94. The molecule has 3 aliphatic rings. The monoisotopic (exact) mass is 310 g/mol. The lowest BCUT2D eigenvalue weighted by Crippen LogP contribution is -2.30. The maximum absolute atomic E-state index is 11.1. The number of hydrogen-bond acceptors (Lipinski definition) is 2. The van der Waals surface area contributed by atoms with Gasteiger partial charge in [-0.25, -0.2) is 0 Å². The van der Waals surface area contributed by atoms with Crippen LogP contribution in [0.25, 0.3) is 0 Å². The number of fused-ring (bicyclic) bond motifs is 2. The molecule has 0 heterocycles. The van der Waals surface area contributed by atoms with Crippen molar-refractivity contribution in [1.29, 1.82) is 0 Å². The number of benzene rings is 1. The van der Waals surface area contributed by atoms with Crippen LogP contribution in [-0.4, -0.2) is 22.4 Å². The van der Waals surface area contributed by atoms with Crippen LogP contribution in [0.1, 0.15) is 44.6 Å². The molecule has 0 unspecified atom stereocenters. The lowest BCUT2D eigenvalue weighted by Gasteiger charge is -2.29. The van der Waals surface area contributed by atoms with Gasteiger partial charge in [0.1, 0.15) is 0 Å². The van der Waals surface area contributed by atoms with Crippen molar-refractivity contribution in [1.82, 2.24) is 0 Å². The first kappa shape index (κ1) is 15.2. The molecule has 3 aliphatic carbocycles. The molecule has 2 saturated carbocycles.